The van der Waals surface area contributed by atoms with Crippen LogP contribution >= 0.6 is 0 Å². The average molecular weight is 265 g/mol. The Morgan fingerprint density at radius 2 is 2.26 bits per heavy atom. The number of hydrogen-bond donors (Lipinski definition) is 0. The maximum Gasteiger partial charge on any atom is 0.240 e. The van der Waals surface area contributed by atoms with Gasteiger partial charge in [-0.05, 0) is 14.0 Å². The lowest BCUT2D eigenvalue weighted by molar-refractivity contribution is 0.184. The molecule has 7 nitrogen and oxygen atoms in total. The van der Waals surface area contributed by atoms with Crippen LogP contribution in [0.4, 0.5) is 0 Å². The fourth-order valence-electron chi connectivity index (χ4n) is 1.82. The smallest absolute Gasteiger partial charge is 0.240 e. The van der Waals surface area contributed by atoms with Crippen molar-refractivity contribution in [1.82, 2.24) is 24.6 Å². The molecule has 0 aliphatic rings. The molecule has 0 aliphatic carbocycles. The van der Waals surface area contributed by atoms with E-state index in [1.807, 2.05) is 20.2 Å². The first-order valence-corrected chi connectivity index (χ1v) is 6.15. The lowest BCUT2D eigenvalue weighted by Crippen LogP contribution is -2.21. The Kier molecular flexibility index (Phi) is 4.64. The van der Waals surface area contributed by atoms with Crippen molar-refractivity contribution in [3.05, 3.63) is 29.9 Å². The van der Waals surface area contributed by atoms with Gasteiger partial charge in [-0.3, -0.25) is 4.90 Å². The highest BCUT2D eigenvalue weighted by atomic mass is 16.5. The van der Waals surface area contributed by atoms with Crippen molar-refractivity contribution in [2.75, 3.05) is 20.8 Å². The van der Waals surface area contributed by atoms with E-state index in [2.05, 4.69) is 24.6 Å². The maximum absolute atomic E-state index is 5.10. The van der Waals surface area contributed by atoms with E-state index < -0.39 is 0 Å². The van der Waals surface area contributed by atoms with Crippen LogP contribution in [0.2, 0.25) is 0 Å². The zero-order valence-electron chi connectivity index (χ0n) is 11.5. The Balaban J connectivity index is 1.91. The summed E-state index contributed by atoms with van der Waals surface area (Å²) in [4.78, 5) is 10.6. The standard InChI is InChI=1S/C12H19N5O2/c1-10-14-12(19-15-10)9-16(2)8-11-13-4-5-17(11)6-7-18-3/h4-5H,6-9H2,1-3H3. The second-order valence-electron chi connectivity index (χ2n) is 4.44. The first-order valence-electron chi connectivity index (χ1n) is 6.15. The monoisotopic (exact) mass is 265 g/mol. The lowest BCUT2D eigenvalue weighted by atomic mass is 10.4. The summed E-state index contributed by atoms with van der Waals surface area (Å²) >= 11 is 0. The quantitative estimate of drug-likeness (QED) is 0.739. The minimum absolute atomic E-state index is 0.609. The molecule has 0 spiro atoms. The van der Waals surface area contributed by atoms with Crippen LogP contribution in [-0.4, -0.2) is 45.4 Å². The van der Waals surface area contributed by atoms with Gasteiger partial charge in [0, 0.05) is 26.0 Å². The van der Waals surface area contributed by atoms with Crippen molar-refractivity contribution in [1.29, 1.82) is 0 Å². The third-order valence-corrected chi connectivity index (χ3v) is 2.72. The normalized spacial score (nSPS) is 11.4. The maximum atomic E-state index is 5.10. The molecule has 2 aromatic heterocycles. The molecule has 0 saturated carbocycles. The molecule has 19 heavy (non-hydrogen) atoms. The second kappa shape index (κ2) is 6.44. The molecule has 0 aliphatic heterocycles. The topological polar surface area (TPSA) is 69.2 Å². The molecule has 0 amide bonds. The Labute approximate surface area is 112 Å². The molecule has 104 valence electrons. The van der Waals surface area contributed by atoms with E-state index in [1.165, 1.54) is 0 Å². The molecule has 0 saturated heterocycles. The van der Waals surface area contributed by atoms with Gasteiger partial charge in [-0.15, -0.1) is 0 Å². The van der Waals surface area contributed by atoms with Crippen LogP contribution in [0.25, 0.3) is 0 Å². The van der Waals surface area contributed by atoms with Gasteiger partial charge in [0.25, 0.3) is 0 Å². The van der Waals surface area contributed by atoms with Gasteiger partial charge in [0.05, 0.1) is 19.7 Å². The summed E-state index contributed by atoms with van der Waals surface area (Å²) < 4.78 is 12.3. The third-order valence-electron chi connectivity index (χ3n) is 2.72. The fourth-order valence-corrected chi connectivity index (χ4v) is 1.82. The SMILES string of the molecule is COCCn1ccnc1CN(C)Cc1nc(C)no1. The molecule has 0 aromatic carbocycles. The predicted molar refractivity (Wildman–Crippen MR) is 68.3 cm³/mol. The van der Waals surface area contributed by atoms with E-state index >= 15 is 0 Å². The number of rotatable bonds is 7. The predicted octanol–water partition coefficient (Wildman–Crippen LogP) is 0.853. The molecule has 0 bridgehead atoms. The summed E-state index contributed by atoms with van der Waals surface area (Å²) in [6.45, 7) is 4.62. The highest BCUT2D eigenvalue weighted by Gasteiger charge is 2.10. The summed E-state index contributed by atoms with van der Waals surface area (Å²) in [6, 6.07) is 0. The summed E-state index contributed by atoms with van der Waals surface area (Å²) in [5.41, 5.74) is 0. The van der Waals surface area contributed by atoms with Crippen molar-refractivity contribution in [2.45, 2.75) is 26.6 Å². The summed E-state index contributed by atoms with van der Waals surface area (Å²) in [5.74, 6) is 2.27. The van der Waals surface area contributed by atoms with E-state index in [-0.39, 0.29) is 0 Å². The Morgan fingerprint density at radius 3 is 2.95 bits per heavy atom. The summed E-state index contributed by atoms with van der Waals surface area (Å²) in [6.07, 6.45) is 3.76. The molecule has 0 N–H and O–H groups in total. The van der Waals surface area contributed by atoms with Crippen LogP contribution in [0.15, 0.2) is 16.9 Å². The molecular formula is C12H19N5O2. The van der Waals surface area contributed by atoms with Crippen molar-refractivity contribution in [3.63, 3.8) is 0 Å². The summed E-state index contributed by atoms with van der Waals surface area (Å²) in [5, 5.41) is 3.77. The van der Waals surface area contributed by atoms with E-state index in [4.69, 9.17) is 9.26 Å². The van der Waals surface area contributed by atoms with Crippen LogP contribution in [0.1, 0.15) is 17.5 Å². The first kappa shape index (κ1) is 13.7. The molecule has 0 unspecified atom stereocenters. The number of aryl methyl sites for hydroxylation is 1. The first-order chi connectivity index (χ1) is 9.19. The average Bonchev–Trinajstić information content (AvgIpc) is 2.96. The van der Waals surface area contributed by atoms with Gasteiger partial charge < -0.3 is 13.8 Å². The number of aromatic nitrogens is 4. The van der Waals surface area contributed by atoms with Crippen LogP contribution < -0.4 is 0 Å². The van der Waals surface area contributed by atoms with Crippen molar-refractivity contribution < 1.29 is 9.26 Å². The molecule has 7 heteroatoms. The van der Waals surface area contributed by atoms with E-state index in [1.54, 1.807) is 13.3 Å². The van der Waals surface area contributed by atoms with Crippen LogP contribution in [0.5, 0.6) is 0 Å². The van der Waals surface area contributed by atoms with Gasteiger partial charge in [-0.2, -0.15) is 4.98 Å². The Hall–Kier alpha value is -1.73. The summed E-state index contributed by atoms with van der Waals surface area (Å²) in [7, 11) is 3.69. The van der Waals surface area contributed by atoms with Gasteiger partial charge >= 0.3 is 0 Å². The largest absolute Gasteiger partial charge is 0.383 e. The van der Waals surface area contributed by atoms with Gasteiger partial charge in [0.1, 0.15) is 5.82 Å². The van der Waals surface area contributed by atoms with Crippen molar-refractivity contribution >= 4 is 0 Å². The molecule has 2 aromatic rings. The third kappa shape index (κ3) is 3.87. The number of hydrogen-bond acceptors (Lipinski definition) is 6. The molecular weight excluding hydrogens is 246 g/mol. The van der Waals surface area contributed by atoms with E-state index in [0.29, 0.717) is 24.9 Å². The van der Waals surface area contributed by atoms with Crippen LogP contribution in [0, 0.1) is 6.92 Å². The van der Waals surface area contributed by atoms with Gasteiger partial charge in [-0.25, -0.2) is 4.98 Å². The fraction of sp³-hybridized carbons (Fsp3) is 0.583. The molecule has 0 fully saturated rings. The highest BCUT2D eigenvalue weighted by molar-refractivity contribution is 4.93. The lowest BCUT2D eigenvalue weighted by Gasteiger charge is -2.15. The minimum atomic E-state index is 0.609. The second-order valence-corrected chi connectivity index (χ2v) is 4.44. The Morgan fingerprint density at radius 1 is 1.42 bits per heavy atom. The zero-order valence-corrected chi connectivity index (χ0v) is 11.5. The number of imidazole rings is 1. The molecule has 2 heterocycles. The van der Waals surface area contributed by atoms with Gasteiger partial charge in [0.15, 0.2) is 5.82 Å². The van der Waals surface area contributed by atoms with Crippen LogP contribution in [0.3, 0.4) is 0 Å². The zero-order chi connectivity index (χ0) is 13.7. The van der Waals surface area contributed by atoms with Crippen molar-refractivity contribution in [3.8, 4) is 0 Å². The van der Waals surface area contributed by atoms with E-state index in [0.717, 1.165) is 18.9 Å². The van der Waals surface area contributed by atoms with Gasteiger partial charge in [-0.1, -0.05) is 5.16 Å². The van der Waals surface area contributed by atoms with E-state index in [9.17, 15) is 0 Å². The molecule has 0 radical (unpaired) electrons. The van der Waals surface area contributed by atoms with Crippen LogP contribution in [-0.2, 0) is 24.4 Å². The number of nitrogens with zero attached hydrogens (tertiary/aromatic N) is 5. The van der Waals surface area contributed by atoms with Crippen molar-refractivity contribution in [2.24, 2.45) is 0 Å². The molecule has 0 atom stereocenters. The van der Waals surface area contributed by atoms with Gasteiger partial charge in [0.2, 0.25) is 5.89 Å². The highest BCUT2D eigenvalue weighted by Crippen LogP contribution is 2.06. The number of ether oxygens (including phenoxy) is 1. The minimum Gasteiger partial charge on any atom is -0.383 e. The Bertz CT molecular complexity index is 508. The molecule has 2 rings (SSSR count). The number of methoxy groups -OCH3 is 1.